The molecule has 0 heterocycles. The number of aryl methyl sites for hydroxylation is 4. The molecule has 0 aliphatic rings. The Kier molecular flexibility index (Phi) is 7.19. The zero-order valence-electron chi connectivity index (χ0n) is 19.4. The summed E-state index contributed by atoms with van der Waals surface area (Å²) in [6.45, 7) is 3.98. The number of hydrogen-bond acceptors (Lipinski definition) is 3. The van der Waals surface area contributed by atoms with Gasteiger partial charge < -0.3 is 10.1 Å². The molecule has 1 amide bonds. The van der Waals surface area contributed by atoms with Gasteiger partial charge >= 0.3 is 5.97 Å². The average Bonchev–Trinajstić information content (AvgIpc) is 2.85. The van der Waals surface area contributed by atoms with Gasteiger partial charge in [0.2, 0.25) is 0 Å². The lowest BCUT2D eigenvalue weighted by Gasteiger charge is -2.11. The highest BCUT2D eigenvalue weighted by molar-refractivity contribution is 6.04. The number of carbonyl (C=O) groups is 2. The minimum Gasteiger partial charge on any atom is -0.423 e. The van der Waals surface area contributed by atoms with E-state index < -0.39 is 5.97 Å². The van der Waals surface area contributed by atoms with E-state index in [9.17, 15) is 9.59 Å². The molecular weight excluding hydrogens is 422 g/mol. The van der Waals surface area contributed by atoms with Crippen LogP contribution in [0.25, 0.3) is 0 Å². The number of anilines is 1. The minimum atomic E-state index is -0.406. The first-order valence-corrected chi connectivity index (χ1v) is 11.3. The molecule has 4 heteroatoms. The third-order valence-electron chi connectivity index (χ3n) is 5.72. The van der Waals surface area contributed by atoms with Crippen LogP contribution in [-0.4, -0.2) is 11.9 Å². The summed E-state index contributed by atoms with van der Waals surface area (Å²) in [5, 5.41) is 2.93. The van der Waals surface area contributed by atoms with Crippen LogP contribution >= 0.6 is 0 Å². The highest BCUT2D eigenvalue weighted by Gasteiger charge is 2.14. The van der Waals surface area contributed by atoms with E-state index in [1.54, 1.807) is 30.3 Å². The number of esters is 1. The van der Waals surface area contributed by atoms with E-state index >= 15 is 0 Å². The van der Waals surface area contributed by atoms with Crippen molar-refractivity contribution in [2.75, 3.05) is 5.32 Å². The number of amides is 1. The Hall–Kier alpha value is -4.18. The lowest BCUT2D eigenvalue weighted by molar-refractivity contribution is 0.0733. The normalized spacial score (nSPS) is 10.5. The van der Waals surface area contributed by atoms with Gasteiger partial charge in [-0.3, -0.25) is 4.79 Å². The lowest BCUT2D eigenvalue weighted by atomic mass is 10.00. The second-order valence-electron chi connectivity index (χ2n) is 8.33. The van der Waals surface area contributed by atoms with Crippen molar-refractivity contribution < 1.29 is 14.3 Å². The van der Waals surface area contributed by atoms with Crippen molar-refractivity contribution in [1.82, 2.24) is 0 Å². The fourth-order valence-corrected chi connectivity index (χ4v) is 3.85. The van der Waals surface area contributed by atoms with Crippen LogP contribution in [0, 0.1) is 13.8 Å². The van der Waals surface area contributed by atoms with E-state index in [0.29, 0.717) is 16.9 Å². The van der Waals surface area contributed by atoms with Gasteiger partial charge in [0, 0.05) is 11.3 Å². The lowest BCUT2D eigenvalue weighted by Crippen LogP contribution is -2.14. The zero-order valence-corrected chi connectivity index (χ0v) is 19.4. The number of carbonyl (C=O) groups excluding carboxylic acids is 2. The molecule has 0 saturated heterocycles. The molecule has 4 rings (SSSR count). The Labute approximate surface area is 200 Å². The smallest absolute Gasteiger partial charge is 0.343 e. The molecule has 170 valence electrons. The predicted octanol–water partition coefficient (Wildman–Crippen LogP) is 6.56. The van der Waals surface area contributed by atoms with Crippen molar-refractivity contribution in [3.8, 4) is 5.75 Å². The maximum absolute atomic E-state index is 12.9. The molecule has 0 spiro atoms. The van der Waals surface area contributed by atoms with Gasteiger partial charge in [-0.2, -0.15) is 0 Å². The molecule has 34 heavy (non-hydrogen) atoms. The average molecular weight is 450 g/mol. The number of ether oxygens (including phenoxy) is 1. The maximum atomic E-state index is 12.9. The molecule has 0 aliphatic carbocycles. The molecule has 0 saturated carbocycles. The Morgan fingerprint density at radius 2 is 1.47 bits per heavy atom. The summed E-state index contributed by atoms with van der Waals surface area (Å²) in [4.78, 5) is 25.5. The van der Waals surface area contributed by atoms with Gasteiger partial charge in [-0.15, -0.1) is 0 Å². The van der Waals surface area contributed by atoms with Crippen LogP contribution in [0.5, 0.6) is 5.75 Å². The standard InChI is InChI=1S/C30H27NO3/c1-21-12-19-28(22(2)20-21)31-29(32)25-15-17-26(18-16-25)34-30(33)27-11-7-6-10-24(27)14-13-23-8-4-3-5-9-23/h3-12,15-20H,13-14H2,1-2H3,(H,31,32). The van der Waals surface area contributed by atoms with Gasteiger partial charge in [0.15, 0.2) is 0 Å². The van der Waals surface area contributed by atoms with Gasteiger partial charge in [-0.1, -0.05) is 66.2 Å². The van der Waals surface area contributed by atoms with Crippen LogP contribution in [0.15, 0.2) is 97.1 Å². The van der Waals surface area contributed by atoms with Gasteiger partial charge in [0.25, 0.3) is 5.91 Å². The molecule has 0 aromatic heterocycles. The van der Waals surface area contributed by atoms with Crippen molar-refractivity contribution in [3.05, 3.63) is 130 Å². The molecule has 0 bridgehead atoms. The van der Waals surface area contributed by atoms with E-state index in [1.807, 2.05) is 68.4 Å². The minimum absolute atomic E-state index is 0.212. The number of nitrogens with one attached hydrogen (secondary N) is 1. The van der Waals surface area contributed by atoms with Crippen molar-refractivity contribution in [2.24, 2.45) is 0 Å². The van der Waals surface area contributed by atoms with Gasteiger partial charge in [-0.05, 0) is 79.8 Å². The fraction of sp³-hybridized carbons (Fsp3) is 0.133. The largest absolute Gasteiger partial charge is 0.423 e. The second-order valence-corrected chi connectivity index (χ2v) is 8.33. The van der Waals surface area contributed by atoms with Crippen molar-refractivity contribution >= 4 is 17.6 Å². The van der Waals surface area contributed by atoms with Crippen LogP contribution in [0.4, 0.5) is 5.69 Å². The Morgan fingerprint density at radius 1 is 0.765 bits per heavy atom. The third-order valence-corrected chi connectivity index (χ3v) is 5.72. The Morgan fingerprint density at radius 3 is 2.21 bits per heavy atom. The summed E-state index contributed by atoms with van der Waals surface area (Å²) >= 11 is 0. The van der Waals surface area contributed by atoms with E-state index in [0.717, 1.165) is 35.2 Å². The summed E-state index contributed by atoms with van der Waals surface area (Å²) in [5.41, 5.74) is 6.13. The summed E-state index contributed by atoms with van der Waals surface area (Å²) in [5.74, 6) is -0.224. The summed E-state index contributed by atoms with van der Waals surface area (Å²) < 4.78 is 5.61. The maximum Gasteiger partial charge on any atom is 0.343 e. The van der Waals surface area contributed by atoms with E-state index in [-0.39, 0.29) is 5.91 Å². The van der Waals surface area contributed by atoms with Crippen LogP contribution < -0.4 is 10.1 Å². The second kappa shape index (κ2) is 10.6. The molecule has 4 aromatic rings. The fourth-order valence-electron chi connectivity index (χ4n) is 3.85. The van der Waals surface area contributed by atoms with Crippen molar-refractivity contribution in [1.29, 1.82) is 0 Å². The highest BCUT2D eigenvalue weighted by Crippen LogP contribution is 2.20. The first-order chi connectivity index (χ1) is 16.5. The summed E-state index contributed by atoms with van der Waals surface area (Å²) in [6.07, 6.45) is 1.59. The van der Waals surface area contributed by atoms with Gasteiger partial charge in [0.1, 0.15) is 5.75 Å². The zero-order chi connectivity index (χ0) is 23.9. The SMILES string of the molecule is Cc1ccc(NC(=O)c2ccc(OC(=O)c3ccccc3CCc3ccccc3)cc2)c(C)c1. The van der Waals surface area contributed by atoms with Crippen LogP contribution in [-0.2, 0) is 12.8 Å². The molecule has 1 N–H and O–H groups in total. The predicted molar refractivity (Wildman–Crippen MR) is 136 cm³/mol. The molecule has 0 aliphatic heterocycles. The van der Waals surface area contributed by atoms with Crippen LogP contribution in [0.2, 0.25) is 0 Å². The topological polar surface area (TPSA) is 55.4 Å². The summed E-state index contributed by atoms with van der Waals surface area (Å²) in [6, 6.07) is 30.2. The molecule has 0 atom stereocenters. The van der Waals surface area contributed by atoms with Gasteiger partial charge in [-0.25, -0.2) is 4.79 Å². The monoisotopic (exact) mass is 449 g/mol. The molecule has 4 nitrogen and oxygen atoms in total. The molecule has 0 unspecified atom stereocenters. The van der Waals surface area contributed by atoms with Gasteiger partial charge in [0.05, 0.1) is 5.56 Å². The van der Waals surface area contributed by atoms with Crippen LogP contribution in [0.3, 0.4) is 0 Å². The first-order valence-electron chi connectivity index (χ1n) is 11.3. The van der Waals surface area contributed by atoms with Crippen molar-refractivity contribution in [3.63, 3.8) is 0 Å². The number of hydrogen-bond donors (Lipinski definition) is 1. The van der Waals surface area contributed by atoms with E-state index in [1.165, 1.54) is 5.56 Å². The quantitative estimate of drug-likeness (QED) is 0.257. The number of benzene rings is 4. The molecule has 0 fully saturated rings. The van der Waals surface area contributed by atoms with E-state index in [2.05, 4.69) is 17.4 Å². The summed E-state index contributed by atoms with van der Waals surface area (Å²) in [7, 11) is 0. The molecular formula is C30H27NO3. The van der Waals surface area contributed by atoms with Crippen molar-refractivity contribution in [2.45, 2.75) is 26.7 Å². The third kappa shape index (κ3) is 5.78. The molecule has 0 radical (unpaired) electrons. The Bertz CT molecular complexity index is 1290. The first kappa shape index (κ1) is 23.0. The van der Waals surface area contributed by atoms with Crippen LogP contribution in [0.1, 0.15) is 43.0 Å². The Balaban J connectivity index is 1.40. The highest BCUT2D eigenvalue weighted by atomic mass is 16.5. The van der Waals surface area contributed by atoms with E-state index in [4.69, 9.17) is 4.74 Å². The molecule has 4 aromatic carbocycles. The number of rotatable bonds is 7.